The van der Waals surface area contributed by atoms with E-state index < -0.39 is 0 Å². The summed E-state index contributed by atoms with van der Waals surface area (Å²) < 4.78 is 12.1. The summed E-state index contributed by atoms with van der Waals surface area (Å²) in [6, 6.07) is 2.03. The smallest absolute Gasteiger partial charge is 0.264 e. The van der Waals surface area contributed by atoms with Crippen molar-refractivity contribution < 1.29 is 14.3 Å². The molecule has 4 nitrogen and oxygen atoms in total. The third-order valence-electron chi connectivity index (χ3n) is 6.21. The van der Waals surface area contributed by atoms with Crippen molar-refractivity contribution >= 4 is 17.2 Å². The van der Waals surface area contributed by atoms with Crippen molar-refractivity contribution in [3.63, 3.8) is 0 Å². The Bertz CT molecular complexity index is 602. The lowest BCUT2D eigenvalue weighted by molar-refractivity contribution is -0.0672. The van der Waals surface area contributed by atoms with Crippen molar-refractivity contribution in [1.29, 1.82) is 0 Å². The van der Waals surface area contributed by atoms with Gasteiger partial charge in [0.25, 0.3) is 5.91 Å². The Morgan fingerprint density at radius 1 is 1.36 bits per heavy atom. The van der Waals surface area contributed by atoms with Crippen LogP contribution in [0.5, 0.6) is 0 Å². The van der Waals surface area contributed by atoms with Gasteiger partial charge in [0.15, 0.2) is 0 Å². The molecule has 0 N–H and O–H groups in total. The van der Waals surface area contributed by atoms with E-state index in [0.29, 0.717) is 5.92 Å². The summed E-state index contributed by atoms with van der Waals surface area (Å²) in [6.07, 6.45) is 6.89. The Hall–Kier alpha value is -0.910. The number of hydrogen-bond donors (Lipinski definition) is 0. The van der Waals surface area contributed by atoms with E-state index in [1.165, 1.54) is 12.8 Å². The van der Waals surface area contributed by atoms with Crippen LogP contribution in [-0.2, 0) is 9.47 Å². The minimum absolute atomic E-state index is 0.00971. The van der Waals surface area contributed by atoms with Gasteiger partial charge < -0.3 is 14.4 Å². The number of piperidine rings is 1. The molecule has 3 heterocycles. The number of nitrogens with zero attached hydrogens (tertiary/aromatic N) is 1. The number of aryl methyl sites for hydroxylation is 1. The highest BCUT2D eigenvalue weighted by Crippen LogP contribution is 2.42. The van der Waals surface area contributed by atoms with E-state index in [-0.39, 0.29) is 11.5 Å². The number of carbonyl (C=O) groups is 1. The molecule has 0 aromatic carbocycles. The third kappa shape index (κ3) is 3.79. The number of amides is 1. The molecule has 4 rings (SSSR count). The summed E-state index contributed by atoms with van der Waals surface area (Å²) in [4.78, 5) is 15.6. The van der Waals surface area contributed by atoms with Crippen LogP contribution in [0.1, 0.15) is 53.8 Å². The molecular formula is C20H29NO3S. The fraction of sp³-hybridized carbons (Fsp3) is 0.750. The van der Waals surface area contributed by atoms with Crippen molar-refractivity contribution in [3.05, 3.63) is 21.9 Å². The Labute approximate surface area is 154 Å². The van der Waals surface area contributed by atoms with Crippen LogP contribution in [-0.4, -0.2) is 49.3 Å². The van der Waals surface area contributed by atoms with Gasteiger partial charge in [-0.1, -0.05) is 0 Å². The van der Waals surface area contributed by atoms with Gasteiger partial charge in [0.1, 0.15) is 0 Å². The number of ether oxygens (including phenoxy) is 2. The molecular weight excluding hydrogens is 334 g/mol. The maximum atomic E-state index is 12.7. The first kappa shape index (κ1) is 17.5. The number of rotatable bonds is 6. The zero-order valence-electron chi connectivity index (χ0n) is 15.2. The topological polar surface area (TPSA) is 38.8 Å². The Morgan fingerprint density at radius 3 is 2.84 bits per heavy atom. The number of thiophene rings is 1. The van der Waals surface area contributed by atoms with Crippen LogP contribution in [0.2, 0.25) is 0 Å². The molecule has 138 valence electrons. The molecule has 1 aliphatic carbocycles. The first-order valence-electron chi connectivity index (χ1n) is 9.73. The summed E-state index contributed by atoms with van der Waals surface area (Å²) >= 11 is 1.56. The van der Waals surface area contributed by atoms with Crippen LogP contribution in [0.15, 0.2) is 11.4 Å². The van der Waals surface area contributed by atoms with Gasteiger partial charge in [-0.2, -0.15) is 0 Å². The molecule has 1 amide bonds. The van der Waals surface area contributed by atoms with Gasteiger partial charge >= 0.3 is 0 Å². The van der Waals surface area contributed by atoms with E-state index in [1.807, 2.05) is 23.3 Å². The van der Waals surface area contributed by atoms with Crippen LogP contribution in [0.25, 0.3) is 0 Å². The van der Waals surface area contributed by atoms with Crippen LogP contribution in [0.4, 0.5) is 0 Å². The third-order valence-corrected chi connectivity index (χ3v) is 7.22. The van der Waals surface area contributed by atoms with Crippen molar-refractivity contribution in [3.8, 4) is 0 Å². The summed E-state index contributed by atoms with van der Waals surface area (Å²) in [5, 5.41) is 2.01. The van der Waals surface area contributed by atoms with Gasteiger partial charge in [-0.15, -0.1) is 11.3 Å². The van der Waals surface area contributed by atoms with Crippen LogP contribution in [0.3, 0.4) is 0 Å². The minimum atomic E-state index is -0.00971. The first-order valence-corrected chi connectivity index (χ1v) is 10.6. The molecule has 2 aliphatic heterocycles. The Kier molecular flexibility index (Phi) is 5.16. The zero-order chi connectivity index (χ0) is 17.3. The molecule has 25 heavy (non-hydrogen) atoms. The molecule has 3 fully saturated rings. The molecule has 2 saturated heterocycles. The van der Waals surface area contributed by atoms with E-state index in [0.717, 1.165) is 75.0 Å². The Balaban J connectivity index is 1.29. The predicted molar refractivity (Wildman–Crippen MR) is 99.1 cm³/mol. The Morgan fingerprint density at radius 2 is 2.16 bits per heavy atom. The molecule has 1 spiro atoms. The van der Waals surface area contributed by atoms with E-state index in [9.17, 15) is 4.79 Å². The summed E-state index contributed by atoms with van der Waals surface area (Å²) in [5.41, 5.74) is 1.09. The summed E-state index contributed by atoms with van der Waals surface area (Å²) in [6.45, 7) is 6.33. The largest absolute Gasteiger partial charge is 0.381 e. The molecule has 5 heteroatoms. The molecule has 0 unspecified atom stereocenters. The second kappa shape index (κ2) is 7.37. The lowest BCUT2D eigenvalue weighted by Crippen LogP contribution is -2.49. The van der Waals surface area contributed by atoms with E-state index in [2.05, 4.69) is 0 Å². The number of likely N-dealkylation sites (tertiary alicyclic amines) is 1. The van der Waals surface area contributed by atoms with E-state index in [4.69, 9.17) is 9.47 Å². The highest BCUT2D eigenvalue weighted by molar-refractivity contribution is 7.12. The van der Waals surface area contributed by atoms with Crippen molar-refractivity contribution in [2.45, 2.75) is 51.0 Å². The van der Waals surface area contributed by atoms with Crippen LogP contribution >= 0.6 is 11.3 Å². The average molecular weight is 364 g/mol. The number of carbonyl (C=O) groups excluding carboxylic acids is 1. The average Bonchev–Trinajstić information content (AvgIpc) is 3.23. The van der Waals surface area contributed by atoms with Gasteiger partial charge in [0.2, 0.25) is 0 Å². The van der Waals surface area contributed by atoms with Crippen LogP contribution < -0.4 is 0 Å². The maximum Gasteiger partial charge on any atom is 0.264 e. The maximum absolute atomic E-state index is 12.7. The van der Waals surface area contributed by atoms with Crippen molar-refractivity contribution in [2.24, 2.45) is 11.8 Å². The summed E-state index contributed by atoms with van der Waals surface area (Å²) in [7, 11) is 0. The first-order chi connectivity index (χ1) is 12.2. The standard InChI is InChI=1S/C20H29NO3S/c1-15-6-13-25-18(15)19(22)21-9-7-20(8-10-21)17(5-12-24-20)4-11-23-14-16-2-3-16/h6,13,16-17H,2-5,7-12,14H2,1H3/t17-/m0/s1. The van der Waals surface area contributed by atoms with Gasteiger partial charge in [0.05, 0.1) is 10.5 Å². The van der Waals surface area contributed by atoms with Crippen molar-refractivity contribution in [1.82, 2.24) is 4.90 Å². The second-order valence-electron chi connectivity index (χ2n) is 7.93. The van der Waals surface area contributed by atoms with Gasteiger partial charge in [-0.3, -0.25) is 4.79 Å². The van der Waals surface area contributed by atoms with E-state index in [1.54, 1.807) is 11.3 Å². The number of hydrogen-bond acceptors (Lipinski definition) is 4. The highest BCUT2D eigenvalue weighted by Gasteiger charge is 2.46. The second-order valence-corrected chi connectivity index (χ2v) is 8.85. The quantitative estimate of drug-likeness (QED) is 0.720. The normalized spacial score (nSPS) is 25.6. The van der Waals surface area contributed by atoms with Crippen LogP contribution in [0, 0.1) is 18.8 Å². The van der Waals surface area contributed by atoms with Crippen molar-refractivity contribution in [2.75, 3.05) is 32.9 Å². The highest BCUT2D eigenvalue weighted by atomic mass is 32.1. The predicted octanol–water partition coefficient (Wildman–Crippen LogP) is 3.88. The molecule has 1 aromatic rings. The molecule has 0 bridgehead atoms. The molecule has 1 saturated carbocycles. The molecule has 1 atom stereocenters. The van der Waals surface area contributed by atoms with Gasteiger partial charge in [-0.25, -0.2) is 0 Å². The lowest BCUT2D eigenvalue weighted by atomic mass is 9.78. The molecule has 1 aromatic heterocycles. The van der Waals surface area contributed by atoms with Gasteiger partial charge in [0, 0.05) is 32.9 Å². The molecule has 3 aliphatic rings. The SMILES string of the molecule is Cc1ccsc1C(=O)N1CCC2(CC1)OCC[C@@H]2CCOCC1CC1. The summed E-state index contributed by atoms with van der Waals surface area (Å²) in [5.74, 6) is 1.63. The van der Waals surface area contributed by atoms with Gasteiger partial charge in [-0.05, 0) is 74.3 Å². The fourth-order valence-corrected chi connectivity index (χ4v) is 5.22. The monoisotopic (exact) mass is 363 g/mol. The minimum Gasteiger partial charge on any atom is -0.381 e. The lowest BCUT2D eigenvalue weighted by Gasteiger charge is -2.42. The molecule has 0 radical (unpaired) electrons. The fourth-order valence-electron chi connectivity index (χ4n) is 4.33. The van der Waals surface area contributed by atoms with E-state index >= 15 is 0 Å². The zero-order valence-corrected chi connectivity index (χ0v) is 16.0.